The highest BCUT2D eigenvalue weighted by Crippen LogP contribution is 2.32. The van der Waals surface area contributed by atoms with E-state index in [-0.39, 0.29) is 0 Å². The molecule has 1 aromatic rings. The second-order valence-electron chi connectivity index (χ2n) is 6.29. The molecule has 1 nitrogen and oxygen atoms in total. The number of nitrogens with one attached hydrogen (secondary N) is 1. The van der Waals surface area contributed by atoms with E-state index in [9.17, 15) is 0 Å². The first-order valence-corrected chi connectivity index (χ1v) is 7.72. The fourth-order valence-electron chi connectivity index (χ4n) is 2.74. The second-order valence-corrected chi connectivity index (χ2v) is 6.29. The van der Waals surface area contributed by atoms with Gasteiger partial charge in [0.2, 0.25) is 0 Å². The summed E-state index contributed by atoms with van der Waals surface area (Å²) in [5, 5.41) is 3.65. The number of rotatable bonds is 7. The van der Waals surface area contributed by atoms with Crippen LogP contribution in [-0.2, 0) is 6.42 Å². The summed E-state index contributed by atoms with van der Waals surface area (Å²) in [4.78, 5) is 0. The van der Waals surface area contributed by atoms with Crippen molar-refractivity contribution in [3.8, 4) is 0 Å². The van der Waals surface area contributed by atoms with Crippen molar-refractivity contribution in [3.05, 3.63) is 34.9 Å². The van der Waals surface area contributed by atoms with Gasteiger partial charge in [-0.05, 0) is 55.2 Å². The Hall–Kier alpha value is -0.820. The Bertz CT molecular complexity index is 368. The van der Waals surface area contributed by atoms with E-state index in [1.807, 2.05) is 0 Å². The molecule has 0 spiro atoms. The van der Waals surface area contributed by atoms with Crippen LogP contribution in [0.1, 0.15) is 57.2 Å². The highest BCUT2D eigenvalue weighted by Gasteiger charge is 2.27. The summed E-state index contributed by atoms with van der Waals surface area (Å²) in [6.07, 6.45) is 3.66. The van der Waals surface area contributed by atoms with Gasteiger partial charge in [0.25, 0.3) is 0 Å². The standard InChI is InChI=1S/C18H31N/c1-7-18(8-2,13-19-14(3)4)12-17-15(5)10-9-11-16(17)6/h9-11,14,19H,7-8,12-13H2,1-6H3. The molecule has 0 saturated carbocycles. The SMILES string of the molecule is CCC(CC)(CNC(C)C)Cc1c(C)cccc1C. The highest BCUT2D eigenvalue weighted by atomic mass is 14.9. The maximum absolute atomic E-state index is 3.65. The molecule has 0 aliphatic rings. The average molecular weight is 261 g/mol. The van der Waals surface area contributed by atoms with Crippen LogP contribution in [0.3, 0.4) is 0 Å². The van der Waals surface area contributed by atoms with Gasteiger partial charge in [-0.15, -0.1) is 0 Å². The maximum atomic E-state index is 3.65. The van der Waals surface area contributed by atoms with E-state index < -0.39 is 0 Å². The van der Waals surface area contributed by atoms with Crippen molar-refractivity contribution >= 4 is 0 Å². The fraction of sp³-hybridized carbons (Fsp3) is 0.667. The van der Waals surface area contributed by atoms with Gasteiger partial charge in [0.05, 0.1) is 0 Å². The molecule has 1 heteroatoms. The van der Waals surface area contributed by atoms with Crippen LogP contribution in [0.5, 0.6) is 0 Å². The van der Waals surface area contributed by atoms with Crippen molar-refractivity contribution in [2.75, 3.05) is 6.54 Å². The Balaban J connectivity index is 2.94. The zero-order valence-corrected chi connectivity index (χ0v) is 13.6. The Morgan fingerprint density at radius 3 is 2.00 bits per heavy atom. The molecular weight excluding hydrogens is 230 g/mol. The van der Waals surface area contributed by atoms with E-state index in [4.69, 9.17) is 0 Å². The number of hydrogen-bond donors (Lipinski definition) is 1. The van der Waals surface area contributed by atoms with Crippen molar-refractivity contribution < 1.29 is 0 Å². The third kappa shape index (κ3) is 4.35. The molecule has 1 rings (SSSR count). The molecule has 0 atom stereocenters. The highest BCUT2D eigenvalue weighted by molar-refractivity contribution is 5.34. The van der Waals surface area contributed by atoms with E-state index in [0.717, 1.165) is 6.54 Å². The van der Waals surface area contributed by atoms with Crippen LogP contribution in [0.4, 0.5) is 0 Å². The van der Waals surface area contributed by atoms with Gasteiger partial charge < -0.3 is 5.32 Å². The monoisotopic (exact) mass is 261 g/mol. The van der Waals surface area contributed by atoms with Gasteiger partial charge in [-0.1, -0.05) is 45.9 Å². The van der Waals surface area contributed by atoms with Crippen LogP contribution in [0.15, 0.2) is 18.2 Å². The summed E-state index contributed by atoms with van der Waals surface area (Å²) in [6.45, 7) is 14.7. The van der Waals surface area contributed by atoms with Crippen molar-refractivity contribution in [1.82, 2.24) is 5.32 Å². The number of hydrogen-bond acceptors (Lipinski definition) is 1. The zero-order valence-electron chi connectivity index (χ0n) is 13.6. The summed E-state index contributed by atoms with van der Waals surface area (Å²) in [5.41, 5.74) is 4.82. The lowest BCUT2D eigenvalue weighted by molar-refractivity contribution is 0.239. The smallest absolute Gasteiger partial charge is 0.00132 e. The molecule has 0 aromatic heterocycles. The Labute approximate surface area is 119 Å². The maximum Gasteiger partial charge on any atom is 0.00132 e. The van der Waals surface area contributed by atoms with E-state index in [1.54, 1.807) is 5.56 Å². The van der Waals surface area contributed by atoms with Crippen LogP contribution in [0, 0.1) is 19.3 Å². The lowest BCUT2D eigenvalue weighted by Gasteiger charge is -2.34. The third-order valence-electron chi connectivity index (χ3n) is 4.58. The minimum absolute atomic E-state index is 0.390. The molecule has 0 aliphatic carbocycles. The minimum atomic E-state index is 0.390. The Morgan fingerprint density at radius 1 is 1.05 bits per heavy atom. The molecular formula is C18H31N. The molecule has 0 amide bonds. The normalized spacial score (nSPS) is 12.2. The Morgan fingerprint density at radius 2 is 1.58 bits per heavy atom. The van der Waals surface area contributed by atoms with Gasteiger partial charge >= 0.3 is 0 Å². The summed E-state index contributed by atoms with van der Waals surface area (Å²) in [7, 11) is 0. The van der Waals surface area contributed by atoms with Crippen molar-refractivity contribution in [2.45, 2.75) is 66.8 Å². The molecule has 1 N–H and O–H groups in total. The molecule has 108 valence electrons. The van der Waals surface area contributed by atoms with E-state index in [0.29, 0.717) is 11.5 Å². The van der Waals surface area contributed by atoms with E-state index >= 15 is 0 Å². The average Bonchev–Trinajstić information content (AvgIpc) is 2.38. The molecule has 0 bridgehead atoms. The first-order valence-electron chi connectivity index (χ1n) is 7.72. The molecule has 0 saturated heterocycles. The van der Waals surface area contributed by atoms with Gasteiger partial charge in [0, 0.05) is 12.6 Å². The first kappa shape index (κ1) is 16.2. The largest absolute Gasteiger partial charge is 0.314 e. The van der Waals surface area contributed by atoms with Crippen molar-refractivity contribution in [1.29, 1.82) is 0 Å². The topological polar surface area (TPSA) is 12.0 Å². The van der Waals surface area contributed by atoms with Gasteiger partial charge in [-0.3, -0.25) is 0 Å². The lowest BCUT2D eigenvalue weighted by Crippen LogP contribution is -2.38. The van der Waals surface area contributed by atoms with E-state index in [2.05, 4.69) is 65.1 Å². The van der Waals surface area contributed by atoms with Crippen LogP contribution in [-0.4, -0.2) is 12.6 Å². The number of aryl methyl sites for hydroxylation is 2. The van der Waals surface area contributed by atoms with Crippen molar-refractivity contribution in [3.63, 3.8) is 0 Å². The quantitative estimate of drug-likeness (QED) is 0.753. The summed E-state index contributed by atoms with van der Waals surface area (Å²) < 4.78 is 0. The van der Waals surface area contributed by atoms with Crippen LogP contribution in [0.25, 0.3) is 0 Å². The van der Waals surface area contributed by atoms with E-state index in [1.165, 1.54) is 30.4 Å². The molecule has 1 aromatic carbocycles. The van der Waals surface area contributed by atoms with Gasteiger partial charge in [0.15, 0.2) is 0 Å². The van der Waals surface area contributed by atoms with Gasteiger partial charge in [-0.25, -0.2) is 0 Å². The van der Waals surface area contributed by atoms with Crippen LogP contribution >= 0.6 is 0 Å². The summed E-state index contributed by atoms with van der Waals surface area (Å²) in [5.74, 6) is 0. The predicted octanol–water partition coefficient (Wildman–Crippen LogP) is 4.65. The number of benzene rings is 1. The van der Waals surface area contributed by atoms with Gasteiger partial charge in [0.1, 0.15) is 0 Å². The summed E-state index contributed by atoms with van der Waals surface area (Å²) >= 11 is 0. The third-order valence-corrected chi connectivity index (χ3v) is 4.58. The molecule has 0 radical (unpaired) electrons. The first-order chi connectivity index (χ1) is 8.94. The molecule has 0 heterocycles. The van der Waals surface area contributed by atoms with Crippen LogP contribution in [0.2, 0.25) is 0 Å². The zero-order chi connectivity index (χ0) is 14.5. The summed E-state index contributed by atoms with van der Waals surface area (Å²) in [6, 6.07) is 7.22. The van der Waals surface area contributed by atoms with Crippen LogP contribution < -0.4 is 5.32 Å². The van der Waals surface area contributed by atoms with Gasteiger partial charge in [-0.2, -0.15) is 0 Å². The van der Waals surface area contributed by atoms with Crippen molar-refractivity contribution in [2.24, 2.45) is 5.41 Å². The second kappa shape index (κ2) is 7.09. The molecule has 0 fully saturated rings. The fourth-order valence-corrected chi connectivity index (χ4v) is 2.74. The predicted molar refractivity (Wildman–Crippen MR) is 85.8 cm³/mol. The minimum Gasteiger partial charge on any atom is -0.314 e. The molecule has 0 unspecified atom stereocenters. The lowest BCUT2D eigenvalue weighted by atomic mass is 9.75. The Kier molecular flexibility index (Phi) is 6.06. The molecule has 0 aliphatic heterocycles. The molecule has 19 heavy (non-hydrogen) atoms.